The molecule has 42 valence electrons. The molecule has 1 nitrogen and oxygen atoms in total. The first-order chi connectivity index (χ1) is 3.39. The zero-order valence-electron chi connectivity index (χ0n) is 4.26. The van der Waals surface area contributed by atoms with Gasteiger partial charge < -0.3 is 5.11 Å². The Balaban J connectivity index is 2.12. The zero-order valence-corrected chi connectivity index (χ0v) is 5.08. The second-order valence-electron chi connectivity index (χ2n) is 1.87. The van der Waals surface area contributed by atoms with Gasteiger partial charge in [0.05, 0.1) is 6.10 Å². The van der Waals surface area contributed by atoms with E-state index >= 15 is 0 Å². The van der Waals surface area contributed by atoms with Crippen molar-refractivity contribution in [2.24, 2.45) is 0 Å². The summed E-state index contributed by atoms with van der Waals surface area (Å²) in [4.78, 5) is 0. The molecule has 0 aliphatic carbocycles. The lowest BCUT2D eigenvalue weighted by Gasteiger charge is -2.14. The second-order valence-corrected chi connectivity index (χ2v) is 3.02. The molecule has 1 fully saturated rings. The molecule has 0 unspecified atom stereocenters. The highest BCUT2D eigenvalue weighted by Crippen LogP contribution is 2.15. The van der Waals surface area contributed by atoms with Gasteiger partial charge in [0.1, 0.15) is 0 Å². The van der Waals surface area contributed by atoms with Crippen LogP contribution in [-0.4, -0.2) is 22.7 Å². The van der Waals surface area contributed by atoms with Gasteiger partial charge in [-0.15, -0.1) is 0 Å². The van der Waals surface area contributed by atoms with Crippen LogP contribution in [0, 0.1) is 0 Å². The summed E-state index contributed by atoms with van der Waals surface area (Å²) in [7, 11) is 0. The second kappa shape index (κ2) is 2.58. The Morgan fingerprint density at radius 3 is 2.71 bits per heavy atom. The molecule has 1 aliphatic rings. The van der Waals surface area contributed by atoms with Crippen LogP contribution in [0.15, 0.2) is 0 Å². The summed E-state index contributed by atoms with van der Waals surface area (Å²) in [6, 6.07) is 0. The molecule has 0 aromatic carbocycles. The number of thioether (sulfide) groups is 1. The fraction of sp³-hybridized carbons (Fsp3) is 1.00. The van der Waals surface area contributed by atoms with E-state index in [-0.39, 0.29) is 6.10 Å². The molecule has 7 heavy (non-hydrogen) atoms. The monoisotopic (exact) mass is 118 g/mol. The van der Waals surface area contributed by atoms with E-state index < -0.39 is 0 Å². The predicted octanol–water partition coefficient (Wildman–Crippen LogP) is 0.874. The maximum atomic E-state index is 8.89. The van der Waals surface area contributed by atoms with Crippen molar-refractivity contribution in [3.05, 3.63) is 0 Å². The van der Waals surface area contributed by atoms with Crippen molar-refractivity contribution in [3.63, 3.8) is 0 Å². The molecular formula is C5H10OS. The van der Waals surface area contributed by atoms with Crippen LogP contribution in [0.2, 0.25) is 0 Å². The van der Waals surface area contributed by atoms with E-state index in [9.17, 15) is 0 Å². The minimum absolute atomic E-state index is 0.00116. The Morgan fingerprint density at radius 1 is 1.57 bits per heavy atom. The Morgan fingerprint density at radius 2 is 2.43 bits per heavy atom. The van der Waals surface area contributed by atoms with E-state index in [0.717, 1.165) is 12.2 Å². The average Bonchev–Trinajstić information content (AvgIpc) is 1.69. The highest BCUT2D eigenvalue weighted by atomic mass is 32.2. The van der Waals surface area contributed by atoms with Crippen LogP contribution in [0.4, 0.5) is 0 Å². The summed E-state index contributed by atoms with van der Waals surface area (Å²) in [5.41, 5.74) is 0. The highest BCUT2D eigenvalue weighted by molar-refractivity contribution is 7.99. The highest BCUT2D eigenvalue weighted by Gasteiger charge is 2.08. The number of hydrogen-bond acceptors (Lipinski definition) is 2. The summed E-state index contributed by atoms with van der Waals surface area (Å²) in [5.74, 6) is 2.21. The number of rotatable bonds is 0. The average molecular weight is 118 g/mol. The maximum absolute atomic E-state index is 8.89. The topological polar surface area (TPSA) is 20.2 Å². The summed E-state index contributed by atoms with van der Waals surface area (Å²) >= 11 is 1.85. The molecule has 0 radical (unpaired) electrons. The van der Waals surface area contributed by atoms with Crippen molar-refractivity contribution in [3.8, 4) is 0 Å². The van der Waals surface area contributed by atoms with Gasteiger partial charge in [-0.05, 0) is 18.6 Å². The Labute approximate surface area is 48.1 Å². The Bertz CT molecular complexity index is 50.0. The van der Waals surface area contributed by atoms with E-state index in [1.165, 1.54) is 12.2 Å². The van der Waals surface area contributed by atoms with Gasteiger partial charge in [0, 0.05) is 5.75 Å². The number of hydrogen-bond donors (Lipinski definition) is 1. The van der Waals surface area contributed by atoms with Crippen LogP contribution in [0.5, 0.6) is 0 Å². The van der Waals surface area contributed by atoms with Crippen LogP contribution in [0.25, 0.3) is 0 Å². The molecular weight excluding hydrogens is 108 g/mol. The van der Waals surface area contributed by atoms with Gasteiger partial charge in [-0.3, -0.25) is 0 Å². The molecule has 2 heteroatoms. The smallest absolute Gasteiger partial charge is 0.0630 e. The normalized spacial score (nSPS) is 33.0. The third kappa shape index (κ3) is 1.70. The van der Waals surface area contributed by atoms with Crippen LogP contribution in [-0.2, 0) is 0 Å². The summed E-state index contributed by atoms with van der Waals surface area (Å²) in [6.07, 6.45) is 2.22. The zero-order chi connectivity index (χ0) is 5.11. The van der Waals surface area contributed by atoms with Crippen molar-refractivity contribution in [1.82, 2.24) is 0 Å². The van der Waals surface area contributed by atoms with E-state index in [1.54, 1.807) is 0 Å². The van der Waals surface area contributed by atoms with E-state index in [0.29, 0.717) is 0 Å². The van der Waals surface area contributed by atoms with Crippen molar-refractivity contribution >= 4 is 11.8 Å². The van der Waals surface area contributed by atoms with Crippen molar-refractivity contribution in [2.75, 3.05) is 11.5 Å². The lowest BCUT2D eigenvalue weighted by atomic mass is 10.2. The van der Waals surface area contributed by atoms with Gasteiger partial charge in [-0.25, -0.2) is 0 Å². The third-order valence-electron chi connectivity index (χ3n) is 1.14. The molecule has 0 aromatic rings. The Kier molecular flexibility index (Phi) is 2.00. The van der Waals surface area contributed by atoms with Gasteiger partial charge in [0.2, 0.25) is 0 Å². The van der Waals surface area contributed by atoms with Crippen LogP contribution in [0.1, 0.15) is 12.8 Å². The molecule has 0 saturated carbocycles. The van der Waals surface area contributed by atoms with Crippen LogP contribution >= 0.6 is 11.8 Å². The quantitative estimate of drug-likeness (QED) is 0.509. The molecule has 0 amide bonds. The molecule has 1 heterocycles. The molecule has 1 rings (SSSR count). The van der Waals surface area contributed by atoms with E-state index in [4.69, 9.17) is 5.11 Å². The SMILES string of the molecule is O[C@@H]1CCCSC1. The van der Waals surface area contributed by atoms with Gasteiger partial charge in [0.15, 0.2) is 0 Å². The third-order valence-corrected chi connectivity index (χ3v) is 2.33. The van der Waals surface area contributed by atoms with Gasteiger partial charge in [0.25, 0.3) is 0 Å². The minimum Gasteiger partial charge on any atom is -0.392 e. The van der Waals surface area contributed by atoms with Crippen LogP contribution < -0.4 is 0 Å². The first-order valence-corrected chi connectivity index (χ1v) is 3.81. The number of aliphatic hydroxyl groups excluding tert-OH is 1. The molecule has 1 aliphatic heterocycles. The van der Waals surface area contributed by atoms with Crippen molar-refractivity contribution < 1.29 is 5.11 Å². The largest absolute Gasteiger partial charge is 0.392 e. The van der Waals surface area contributed by atoms with Gasteiger partial charge in [-0.1, -0.05) is 0 Å². The molecule has 1 atom stereocenters. The van der Waals surface area contributed by atoms with Crippen molar-refractivity contribution in [1.29, 1.82) is 0 Å². The molecule has 1 saturated heterocycles. The standard InChI is InChI=1S/C5H10OS/c6-5-2-1-3-7-4-5/h5-6H,1-4H2/t5-/m1/s1. The summed E-state index contributed by atoms with van der Waals surface area (Å²) < 4.78 is 0. The maximum Gasteiger partial charge on any atom is 0.0630 e. The molecule has 0 aromatic heterocycles. The van der Waals surface area contributed by atoms with E-state index in [2.05, 4.69) is 0 Å². The summed E-state index contributed by atoms with van der Waals surface area (Å²) in [5, 5.41) is 8.89. The minimum atomic E-state index is -0.00116. The molecule has 0 bridgehead atoms. The van der Waals surface area contributed by atoms with Crippen molar-refractivity contribution in [2.45, 2.75) is 18.9 Å². The number of aliphatic hydroxyl groups is 1. The molecule has 0 spiro atoms. The summed E-state index contributed by atoms with van der Waals surface area (Å²) in [6.45, 7) is 0. The molecule has 1 N–H and O–H groups in total. The lowest BCUT2D eigenvalue weighted by Crippen LogP contribution is -2.14. The van der Waals surface area contributed by atoms with Crippen LogP contribution in [0.3, 0.4) is 0 Å². The Hall–Kier alpha value is 0.310. The fourth-order valence-electron chi connectivity index (χ4n) is 0.724. The van der Waals surface area contributed by atoms with Gasteiger partial charge >= 0.3 is 0 Å². The first-order valence-electron chi connectivity index (χ1n) is 2.65. The fourth-order valence-corrected chi connectivity index (χ4v) is 1.70. The predicted molar refractivity (Wildman–Crippen MR) is 32.6 cm³/mol. The van der Waals surface area contributed by atoms with Gasteiger partial charge in [-0.2, -0.15) is 11.8 Å². The first kappa shape index (κ1) is 5.45. The van der Waals surface area contributed by atoms with E-state index in [1.807, 2.05) is 11.8 Å². The lowest BCUT2D eigenvalue weighted by molar-refractivity contribution is 0.185.